The first-order chi connectivity index (χ1) is 14.4. The maximum atomic E-state index is 12.5. The van der Waals surface area contributed by atoms with Crippen molar-refractivity contribution < 1.29 is 22.7 Å². The van der Waals surface area contributed by atoms with Crippen LogP contribution in [0.3, 0.4) is 0 Å². The third-order valence-corrected chi connectivity index (χ3v) is 5.70. The minimum absolute atomic E-state index is 0.00851. The number of benzene rings is 3. The summed E-state index contributed by atoms with van der Waals surface area (Å²) < 4.78 is 38.2. The summed E-state index contributed by atoms with van der Waals surface area (Å²) in [6, 6.07) is 21.7. The zero-order chi connectivity index (χ0) is 21.4. The highest BCUT2D eigenvalue weighted by molar-refractivity contribution is 7.89. The van der Waals surface area contributed by atoms with Crippen LogP contribution < -0.4 is 9.46 Å². The fourth-order valence-corrected chi connectivity index (χ4v) is 3.83. The first kappa shape index (κ1) is 21.8. The van der Waals surface area contributed by atoms with Gasteiger partial charge in [-0.25, -0.2) is 17.9 Å². The van der Waals surface area contributed by atoms with Gasteiger partial charge in [0.25, 0.3) is 0 Å². The Hall–Kier alpha value is -2.87. The van der Waals surface area contributed by atoms with E-state index in [1.54, 1.807) is 24.3 Å². The maximum Gasteiger partial charge on any atom is 0.338 e. The quantitative estimate of drug-likeness (QED) is 0.397. The molecule has 0 radical (unpaired) electrons. The van der Waals surface area contributed by atoms with Crippen molar-refractivity contribution in [1.82, 2.24) is 4.72 Å². The van der Waals surface area contributed by atoms with E-state index in [2.05, 4.69) is 4.72 Å². The van der Waals surface area contributed by atoms with Crippen molar-refractivity contribution in [2.75, 3.05) is 13.2 Å². The Labute approximate surface area is 180 Å². The van der Waals surface area contributed by atoms with Gasteiger partial charge in [0, 0.05) is 11.6 Å². The van der Waals surface area contributed by atoms with Crippen molar-refractivity contribution in [1.29, 1.82) is 0 Å². The second kappa shape index (κ2) is 10.2. The van der Waals surface area contributed by atoms with Gasteiger partial charge < -0.3 is 9.47 Å². The van der Waals surface area contributed by atoms with Crippen molar-refractivity contribution in [2.45, 2.75) is 11.4 Å². The zero-order valence-corrected chi connectivity index (χ0v) is 17.5. The molecular formula is C22H20ClNO5S. The van der Waals surface area contributed by atoms with Gasteiger partial charge in [0.2, 0.25) is 10.0 Å². The Bertz CT molecular complexity index is 1100. The molecule has 0 saturated heterocycles. The highest BCUT2D eigenvalue weighted by Crippen LogP contribution is 2.17. The van der Waals surface area contributed by atoms with Crippen LogP contribution in [0.15, 0.2) is 83.8 Å². The van der Waals surface area contributed by atoms with Crippen molar-refractivity contribution >= 4 is 27.6 Å². The van der Waals surface area contributed by atoms with E-state index < -0.39 is 16.0 Å². The molecule has 8 heteroatoms. The van der Waals surface area contributed by atoms with Gasteiger partial charge in [0.15, 0.2) is 0 Å². The summed E-state index contributed by atoms with van der Waals surface area (Å²) in [6.45, 7) is 0.302. The summed E-state index contributed by atoms with van der Waals surface area (Å²) >= 11 is 5.88. The SMILES string of the molecule is O=C(OCCOc1cccc(Cl)c1)c1cccc(S(=O)(=O)NCc2ccccc2)c1. The number of nitrogens with one attached hydrogen (secondary N) is 1. The van der Waals surface area contributed by atoms with Crippen LogP contribution in [0.1, 0.15) is 15.9 Å². The van der Waals surface area contributed by atoms with Gasteiger partial charge in [-0.1, -0.05) is 54.1 Å². The van der Waals surface area contributed by atoms with Gasteiger partial charge in [-0.15, -0.1) is 0 Å². The molecule has 0 heterocycles. The summed E-state index contributed by atoms with van der Waals surface area (Å²) in [5, 5.41) is 0.545. The number of halogens is 1. The van der Waals surface area contributed by atoms with Crippen LogP contribution in [-0.2, 0) is 21.3 Å². The van der Waals surface area contributed by atoms with Crippen LogP contribution in [0, 0.1) is 0 Å². The number of ether oxygens (including phenoxy) is 2. The molecule has 0 unspecified atom stereocenters. The monoisotopic (exact) mass is 445 g/mol. The number of sulfonamides is 1. The third-order valence-electron chi connectivity index (χ3n) is 4.07. The number of hydrogen-bond acceptors (Lipinski definition) is 5. The number of esters is 1. The molecule has 0 atom stereocenters. The van der Waals surface area contributed by atoms with Gasteiger partial charge in [-0.05, 0) is 42.0 Å². The van der Waals surface area contributed by atoms with Crippen molar-refractivity contribution in [2.24, 2.45) is 0 Å². The minimum atomic E-state index is -3.77. The lowest BCUT2D eigenvalue weighted by molar-refractivity contribution is 0.0450. The van der Waals surface area contributed by atoms with Crippen LogP contribution in [-0.4, -0.2) is 27.6 Å². The van der Waals surface area contributed by atoms with E-state index >= 15 is 0 Å². The number of rotatable bonds is 9. The number of carbonyl (C=O) groups is 1. The van der Waals surface area contributed by atoms with Crippen molar-refractivity contribution in [3.63, 3.8) is 0 Å². The summed E-state index contributed by atoms with van der Waals surface area (Å²) in [4.78, 5) is 12.2. The van der Waals surface area contributed by atoms with E-state index in [-0.39, 0.29) is 30.2 Å². The predicted molar refractivity (Wildman–Crippen MR) is 114 cm³/mol. The van der Waals surface area contributed by atoms with E-state index in [0.29, 0.717) is 10.8 Å². The standard InChI is InChI=1S/C22H20ClNO5S/c23-19-9-5-10-20(15-19)28-12-13-29-22(25)18-8-4-11-21(14-18)30(26,27)24-16-17-6-2-1-3-7-17/h1-11,14-15,24H,12-13,16H2. The third kappa shape index (κ3) is 6.32. The molecule has 0 aliphatic rings. The molecule has 0 aliphatic heterocycles. The van der Waals surface area contributed by atoms with E-state index in [0.717, 1.165) is 5.56 Å². The van der Waals surface area contributed by atoms with Crippen LogP contribution in [0.5, 0.6) is 5.75 Å². The van der Waals surface area contributed by atoms with Gasteiger partial charge >= 0.3 is 5.97 Å². The lowest BCUT2D eigenvalue weighted by Gasteiger charge is -2.10. The molecule has 156 valence electrons. The first-order valence-corrected chi connectivity index (χ1v) is 11.0. The van der Waals surface area contributed by atoms with Crippen molar-refractivity contribution in [3.05, 3.63) is 95.0 Å². The molecule has 0 amide bonds. The normalized spacial score (nSPS) is 11.1. The number of carbonyl (C=O) groups excluding carboxylic acids is 1. The summed E-state index contributed by atoms with van der Waals surface area (Å²) in [5.41, 5.74) is 0.969. The van der Waals surface area contributed by atoms with Gasteiger partial charge in [0.05, 0.1) is 10.5 Å². The molecule has 0 aliphatic carbocycles. The first-order valence-electron chi connectivity index (χ1n) is 9.13. The van der Waals surface area contributed by atoms with E-state index in [4.69, 9.17) is 21.1 Å². The molecule has 0 fully saturated rings. The highest BCUT2D eigenvalue weighted by Gasteiger charge is 2.16. The molecule has 6 nitrogen and oxygen atoms in total. The Morgan fingerprint density at radius 3 is 2.43 bits per heavy atom. The molecule has 0 aromatic heterocycles. The molecule has 0 spiro atoms. The summed E-state index contributed by atoms with van der Waals surface area (Å²) in [6.07, 6.45) is 0. The Morgan fingerprint density at radius 2 is 1.67 bits per heavy atom. The fourth-order valence-electron chi connectivity index (χ4n) is 2.58. The van der Waals surface area contributed by atoms with E-state index in [9.17, 15) is 13.2 Å². The maximum absolute atomic E-state index is 12.5. The Kier molecular flexibility index (Phi) is 7.46. The lowest BCUT2D eigenvalue weighted by Crippen LogP contribution is -2.23. The van der Waals surface area contributed by atoms with Gasteiger partial charge in [-0.3, -0.25) is 0 Å². The van der Waals surface area contributed by atoms with E-state index in [1.165, 1.54) is 24.3 Å². The second-order valence-electron chi connectivity index (χ2n) is 6.28. The largest absolute Gasteiger partial charge is 0.490 e. The molecule has 3 aromatic carbocycles. The molecule has 0 saturated carbocycles. The molecule has 3 rings (SSSR count). The Morgan fingerprint density at radius 1 is 0.900 bits per heavy atom. The van der Waals surface area contributed by atoms with Gasteiger partial charge in [0.1, 0.15) is 19.0 Å². The topological polar surface area (TPSA) is 81.7 Å². The van der Waals surface area contributed by atoms with Gasteiger partial charge in [-0.2, -0.15) is 0 Å². The van der Waals surface area contributed by atoms with Crippen LogP contribution >= 0.6 is 11.6 Å². The summed E-state index contributed by atoms with van der Waals surface area (Å²) in [5.74, 6) is -0.0686. The molecule has 1 N–H and O–H groups in total. The average Bonchev–Trinajstić information content (AvgIpc) is 2.76. The van der Waals surface area contributed by atoms with Crippen molar-refractivity contribution in [3.8, 4) is 5.75 Å². The molecule has 3 aromatic rings. The lowest BCUT2D eigenvalue weighted by atomic mass is 10.2. The zero-order valence-electron chi connectivity index (χ0n) is 16.0. The second-order valence-corrected chi connectivity index (χ2v) is 8.48. The summed E-state index contributed by atoms with van der Waals surface area (Å²) in [7, 11) is -3.77. The minimum Gasteiger partial charge on any atom is -0.490 e. The van der Waals surface area contributed by atoms with E-state index in [1.807, 2.05) is 30.3 Å². The van der Waals surface area contributed by atoms with Crippen LogP contribution in [0.4, 0.5) is 0 Å². The smallest absolute Gasteiger partial charge is 0.338 e. The molecular weight excluding hydrogens is 426 g/mol. The predicted octanol–water partition coefficient (Wildman–Crippen LogP) is 4.05. The van der Waals surface area contributed by atoms with Crippen LogP contribution in [0.25, 0.3) is 0 Å². The highest BCUT2D eigenvalue weighted by atomic mass is 35.5. The fraction of sp³-hybridized carbons (Fsp3) is 0.136. The van der Waals surface area contributed by atoms with Crippen LogP contribution in [0.2, 0.25) is 5.02 Å². The Balaban J connectivity index is 1.55. The molecule has 30 heavy (non-hydrogen) atoms. The average molecular weight is 446 g/mol. The number of hydrogen-bond donors (Lipinski definition) is 1. The molecule has 0 bridgehead atoms.